The highest BCUT2D eigenvalue weighted by molar-refractivity contribution is 5.97. The summed E-state index contributed by atoms with van der Waals surface area (Å²) in [5.41, 5.74) is 4.14. The standard InChI is InChI=1S/C20H28N2O3/c1-3-4-5-9-12-16-17(20(24)25-2)13-14-18(16)21-22-19(23)15-10-7-6-8-11-15/h6-8,10-11,16-17H,3-5,9,12-14H2,1-2H3,(H,22,23)/b21-18-/t16-,17-/m1/s1. The molecule has 5 heteroatoms. The molecule has 1 amide bonds. The summed E-state index contributed by atoms with van der Waals surface area (Å²) < 4.78 is 4.95. The number of hydrazone groups is 1. The molecule has 0 aromatic heterocycles. The Kier molecular flexibility index (Phi) is 7.64. The van der Waals surface area contributed by atoms with E-state index in [2.05, 4.69) is 17.5 Å². The number of unbranched alkanes of at least 4 members (excludes halogenated alkanes) is 3. The molecule has 1 aromatic carbocycles. The summed E-state index contributed by atoms with van der Waals surface area (Å²) in [5.74, 6) is -0.459. The SMILES string of the molecule is CCCCCC[C@H]1/C(=N\NC(=O)c2ccccc2)CC[C@H]1C(=O)OC. The number of nitrogens with zero attached hydrogens (tertiary/aromatic N) is 1. The molecule has 2 atom stereocenters. The van der Waals surface area contributed by atoms with Crippen molar-refractivity contribution in [2.24, 2.45) is 16.9 Å². The molecule has 1 aromatic rings. The second-order valence-corrected chi connectivity index (χ2v) is 6.53. The third kappa shape index (κ3) is 5.41. The molecule has 25 heavy (non-hydrogen) atoms. The molecule has 0 unspecified atom stereocenters. The lowest BCUT2D eigenvalue weighted by atomic mass is 9.89. The van der Waals surface area contributed by atoms with Gasteiger partial charge in [0.05, 0.1) is 13.0 Å². The molecule has 1 aliphatic carbocycles. The van der Waals surface area contributed by atoms with Crippen LogP contribution in [-0.4, -0.2) is 24.7 Å². The Hall–Kier alpha value is -2.17. The predicted octanol–water partition coefficient (Wildman–Crippen LogP) is 3.94. The Bertz CT molecular complexity index is 598. The molecular formula is C20H28N2O3. The van der Waals surface area contributed by atoms with E-state index in [0.717, 1.165) is 37.8 Å². The largest absolute Gasteiger partial charge is 0.469 e. The van der Waals surface area contributed by atoms with E-state index in [0.29, 0.717) is 5.56 Å². The molecule has 0 heterocycles. The second kappa shape index (κ2) is 9.97. The molecule has 0 radical (unpaired) electrons. The number of benzene rings is 1. The zero-order chi connectivity index (χ0) is 18.1. The molecule has 5 nitrogen and oxygen atoms in total. The number of ether oxygens (including phenoxy) is 1. The smallest absolute Gasteiger partial charge is 0.309 e. The summed E-state index contributed by atoms with van der Waals surface area (Å²) in [6, 6.07) is 9.02. The van der Waals surface area contributed by atoms with Crippen LogP contribution < -0.4 is 5.43 Å². The molecule has 0 bridgehead atoms. The number of methoxy groups -OCH3 is 1. The first-order valence-electron chi connectivity index (χ1n) is 9.17. The van der Waals surface area contributed by atoms with Gasteiger partial charge in [0.1, 0.15) is 0 Å². The third-order valence-electron chi connectivity index (χ3n) is 4.83. The Labute approximate surface area is 149 Å². The maximum absolute atomic E-state index is 12.2. The number of amides is 1. The quantitative estimate of drug-likeness (QED) is 0.441. The lowest BCUT2D eigenvalue weighted by Gasteiger charge is -2.18. The van der Waals surface area contributed by atoms with E-state index < -0.39 is 0 Å². The van der Waals surface area contributed by atoms with E-state index in [1.165, 1.54) is 20.0 Å². The van der Waals surface area contributed by atoms with Gasteiger partial charge in [0.15, 0.2) is 0 Å². The topological polar surface area (TPSA) is 67.8 Å². The van der Waals surface area contributed by atoms with E-state index >= 15 is 0 Å². The van der Waals surface area contributed by atoms with Gasteiger partial charge in [-0.05, 0) is 31.4 Å². The van der Waals surface area contributed by atoms with Crippen LogP contribution in [0.2, 0.25) is 0 Å². The highest BCUT2D eigenvalue weighted by atomic mass is 16.5. The van der Waals surface area contributed by atoms with Crippen molar-refractivity contribution in [3.8, 4) is 0 Å². The van der Waals surface area contributed by atoms with E-state index in [1.54, 1.807) is 12.1 Å². The van der Waals surface area contributed by atoms with Gasteiger partial charge >= 0.3 is 5.97 Å². The summed E-state index contributed by atoms with van der Waals surface area (Å²) in [5, 5.41) is 4.36. The number of nitrogens with one attached hydrogen (secondary N) is 1. The van der Waals surface area contributed by atoms with Gasteiger partial charge in [0, 0.05) is 17.2 Å². The van der Waals surface area contributed by atoms with Crippen molar-refractivity contribution in [1.29, 1.82) is 0 Å². The van der Waals surface area contributed by atoms with Crippen molar-refractivity contribution in [3.05, 3.63) is 35.9 Å². The molecule has 1 N–H and O–H groups in total. The minimum atomic E-state index is -0.223. The van der Waals surface area contributed by atoms with E-state index in [4.69, 9.17) is 4.74 Å². The Morgan fingerprint density at radius 1 is 1.20 bits per heavy atom. The zero-order valence-corrected chi connectivity index (χ0v) is 15.2. The molecule has 136 valence electrons. The minimum absolute atomic E-state index is 0.0698. The van der Waals surface area contributed by atoms with Crippen LogP contribution >= 0.6 is 0 Å². The van der Waals surface area contributed by atoms with Gasteiger partial charge in [-0.15, -0.1) is 0 Å². The maximum Gasteiger partial charge on any atom is 0.309 e. The number of rotatable bonds is 8. The fraction of sp³-hybridized carbons (Fsp3) is 0.550. The fourth-order valence-corrected chi connectivity index (χ4v) is 3.43. The van der Waals surface area contributed by atoms with Crippen LogP contribution in [-0.2, 0) is 9.53 Å². The van der Waals surface area contributed by atoms with Gasteiger partial charge in [-0.2, -0.15) is 5.10 Å². The molecule has 2 rings (SSSR count). The average Bonchev–Trinajstić information content (AvgIpc) is 3.06. The van der Waals surface area contributed by atoms with Crippen molar-refractivity contribution in [2.75, 3.05) is 7.11 Å². The van der Waals surface area contributed by atoms with E-state index in [9.17, 15) is 9.59 Å². The summed E-state index contributed by atoms with van der Waals surface area (Å²) in [6.07, 6.45) is 6.99. The van der Waals surface area contributed by atoms with Crippen LogP contribution in [0.4, 0.5) is 0 Å². The minimum Gasteiger partial charge on any atom is -0.469 e. The monoisotopic (exact) mass is 344 g/mol. The molecular weight excluding hydrogens is 316 g/mol. The summed E-state index contributed by atoms with van der Waals surface area (Å²) >= 11 is 0. The van der Waals surface area contributed by atoms with Crippen LogP contribution in [0.15, 0.2) is 35.4 Å². The van der Waals surface area contributed by atoms with Crippen LogP contribution in [0, 0.1) is 11.8 Å². The zero-order valence-electron chi connectivity index (χ0n) is 15.2. The van der Waals surface area contributed by atoms with Gasteiger partial charge in [0.25, 0.3) is 5.91 Å². The number of carbonyl (C=O) groups excluding carboxylic acids is 2. The van der Waals surface area contributed by atoms with Gasteiger partial charge in [-0.25, -0.2) is 5.43 Å². The number of esters is 1. The predicted molar refractivity (Wildman–Crippen MR) is 98.3 cm³/mol. The molecule has 1 saturated carbocycles. The summed E-state index contributed by atoms with van der Waals surface area (Å²) in [4.78, 5) is 24.2. The van der Waals surface area contributed by atoms with E-state index in [1.807, 2.05) is 18.2 Å². The highest BCUT2D eigenvalue weighted by Crippen LogP contribution is 2.34. The third-order valence-corrected chi connectivity index (χ3v) is 4.83. The fourth-order valence-electron chi connectivity index (χ4n) is 3.43. The number of hydrogen-bond donors (Lipinski definition) is 1. The number of carbonyl (C=O) groups is 2. The normalized spacial score (nSPS) is 21.3. The lowest BCUT2D eigenvalue weighted by molar-refractivity contribution is -0.146. The molecule has 0 saturated heterocycles. The van der Waals surface area contributed by atoms with Crippen LogP contribution in [0.5, 0.6) is 0 Å². The van der Waals surface area contributed by atoms with Crippen molar-refractivity contribution in [3.63, 3.8) is 0 Å². The molecule has 0 aliphatic heterocycles. The first-order valence-corrected chi connectivity index (χ1v) is 9.17. The Morgan fingerprint density at radius 2 is 1.96 bits per heavy atom. The Balaban J connectivity index is 2.02. The first kappa shape index (κ1) is 19.2. The van der Waals surface area contributed by atoms with Crippen molar-refractivity contribution in [2.45, 2.75) is 51.9 Å². The van der Waals surface area contributed by atoms with Crippen molar-refractivity contribution < 1.29 is 14.3 Å². The lowest BCUT2D eigenvalue weighted by Crippen LogP contribution is -2.26. The molecule has 1 aliphatic rings. The van der Waals surface area contributed by atoms with Gasteiger partial charge in [-0.1, -0.05) is 50.8 Å². The van der Waals surface area contributed by atoms with Crippen LogP contribution in [0.1, 0.15) is 62.2 Å². The Morgan fingerprint density at radius 3 is 2.64 bits per heavy atom. The molecule has 1 fully saturated rings. The van der Waals surface area contributed by atoms with Crippen molar-refractivity contribution >= 4 is 17.6 Å². The first-order chi connectivity index (χ1) is 12.2. The van der Waals surface area contributed by atoms with Crippen LogP contribution in [0.3, 0.4) is 0 Å². The van der Waals surface area contributed by atoms with Gasteiger partial charge in [0.2, 0.25) is 0 Å². The van der Waals surface area contributed by atoms with Gasteiger partial charge in [-0.3, -0.25) is 9.59 Å². The van der Waals surface area contributed by atoms with Crippen LogP contribution in [0.25, 0.3) is 0 Å². The van der Waals surface area contributed by atoms with E-state index in [-0.39, 0.29) is 23.7 Å². The highest BCUT2D eigenvalue weighted by Gasteiger charge is 2.38. The molecule has 0 spiro atoms. The van der Waals surface area contributed by atoms with Gasteiger partial charge < -0.3 is 4.74 Å². The maximum atomic E-state index is 12.2. The number of hydrogen-bond acceptors (Lipinski definition) is 4. The average molecular weight is 344 g/mol. The second-order valence-electron chi connectivity index (χ2n) is 6.53. The summed E-state index contributed by atoms with van der Waals surface area (Å²) in [7, 11) is 1.43. The summed E-state index contributed by atoms with van der Waals surface area (Å²) in [6.45, 7) is 2.18. The van der Waals surface area contributed by atoms with Crippen molar-refractivity contribution in [1.82, 2.24) is 5.43 Å².